The van der Waals surface area contributed by atoms with Crippen LogP contribution in [0.15, 0.2) is 30.6 Å². The molecular formula is C22H25F3N2O5. The monoisotopic (exact) mass is 454 g/mol. The average Bonchev–Trinajstić information content (AvgIpc) is 2.87. The fourth-order valence-corrected chi connectivity index (χ4v) is 5.08. The first kappa shape index (κ1) is 23.1. The van der Waals surface area contributed by atoms with Gasteiger partial charge in [0.15, 0.2) is 11.5 Å². The molecule has 4 rings (SSSR count). The fourth-order valence-electron chi connectivity index (χ4n) is 5.08. The van der Waals surface area contributed by atoms with E-state index in [1.807, 2.05) is 19.9 Å². The van der Waals surface area contributed by atoms with E-state index < -0.39 is 54.4 Å². The molecule has 0 bridgehead atoms. The van der Waals surface area contributed by atoms with E-state index in [0.717, 1.165) is 17.3 Å². The van der Waals surface area contributed by atoms with Gasteiger partial charge in [0.05, 0.1) is 54.8 Å². The van der Waals surface area contributed by atoms with Crippen LogP contribution in [0, 0.1) is 18.8 Å². The standard InChI is InChI=1S/C22H25F3N2O5/c1-3-12(20-17-19(30)18(29)14(9-28)21(17,31)32-20)13-5-4-11(6-10(13)2)15-7-27-16(8-26-15)22(23,24)25/h4-8,12,14,17-20,28-31H,3,9H2,1-2H3/t12-,14?,17?,18-,19?,20-,21?/m1/s1. The number of aromatic nitrogens is 2. The molecule has 0 amide bonds. The highest BCUT2D eigenvalue weighted by atomic mass is 19.4. The third-order valence-electron chi connectivity index (χ3n) is 6.76. The first-order valence-corrected chi connectivity index (χ1v) is 10.4. The summed E-state index contributed by atoms with van der Waals surface area (Å²) in [6, 6.07) is 5.33. The van der Waals surface area contributed by atoms with Crippen molar-refractivity contribution in [3.63, 3.8) is 0 Å². The molecule has 1 saturated heterocycles. The Morgan fingerprint density at radius 2 is 1.88 bits per heavy atom. The van der Waals surface area contributed by atoms with Gasteiger partial charge in [0.2, 0.25) is 0 Å². The zero-order valence-corrected chi connectivity index (χ0v) is 17.5. The Morgan fingerprint density at radius 1 is 1.16 bits per heavy atom. The number of halogens is 3. The van der Waals surface area contributed by atoms with Crippen LogP contribution in [0.1, 0.15) is 36.1 Å². The van der Waals surface area contributed by atoms with Gasteiger partial charge in [-0.15, -0.1) is 0 Å². The van der Waals surface area contributed by atoms with Crippen LogP contribution in [0.4, 0.5) is 13.2 Å². The average molecular weight is 454 g/mol. The van der Waals surface area contributed by atoms with E-state index in [1.165, 1.54) is 0 Å². The maximum Gasteiger partial charge on any atom is 0.434 e. The number of alkyl halides is 3. The summed E-state index contributed by atoms with van der Waals surface area (Å²) >= 11 is 0. The molecule has 0 spiro atoms. The molecule has 1 aliphatic heterocycles. The molecule has 1 aromatic heterocycles. The fraction of sp³-hybridized carbons (Fsp3) is 0.545. The van der Waals surface area contributed by atoms with Gasteiger partial charge in [-0.3, -0.25) is 4.98 Å². The van der Waals surface area contributed by atoms with Crippen molar-refractivity contribution in [1.82, 2.24) is 9.97 Å². The minimum atomic E-state index is -4.56. The van der Waals surface area contributed by atoms with Crippen molar-refractivity contribution in [2.45, 2.75) is 56.5 Å². The molecule has 1 aliphatic carbocycles. The molecule has 0 radical (unpaired) electrons. The third-order valence-corrected chi connectivity index (χ3v) is 6.76. The number of aliphatic hydroxyl groups is 4. The van der Waals surface area contributed by atoms with Crippen molar-refractivity contribution in [1.29, 1.82) is 0 Å². The molecule has 7 atom stereocenters. The van der Waals surface area contributed by atoms with E-state index in [2.05, 4.69) is 9.97 Å². The van der Waals surface area contributed by atoms with E-state index in [1.54, 1.807) is 12.1 Å². The lowest BCUT2D eigenvalue weighted by atomic mass is 9.74. The van der Waals surface area contributed by atoms with Crippen LogP contribution >= 0.6 is 0 Å². The molecule has 10 heteroatoms. The van der Waals surface area contributed by atoms with Gasteiger partial charge >= 0.3 is 6.18 Å². The molecule has 4 unspecified atom stereocenters. The molecule has 1 saturated carbocycles. The predicted octanol–water partition coefficient (Wildman–Crippen LogP) is 2.01. The normalized spacial score (nSPS) is 33.0. The van der Waals surface area contributed by atoms with Crippen LogP contribution < -0.4 is 0 Å². The number of aliphatic hydroxyl groups excluding tert-OH is 3. The Kier molecular flexibility index (Phi) is 5.79. The largest absolute Gasteiger partial charge is 0.434 e. The van der Waals surface area contributed by atoms with E-state index in [0.29, 0.717) is 23.9 Å². The highest BCUT2D eigenvalue weighted by molar-refractivity contribution is 5.60. The van der Waals surface area contributed by atoms with Gasteiger partial charge < -0.3 is 25.2 Å². The van der Waals surface area contributed by atoms with Gasteiger partial charge in [-0.2, -0.15) is 13.2 Å². The SMILES string of the molecule is CC[C@H](c1ccc(-c2cnc(C(F)(F)F)cn2)cc1C)[C@H]1OC2(O)C(CO)[C@@H](O)C(O)C12. The number of fused-ring (bicyclic) bond motifs is 1. The quantitative estimate of drug-likeness (QED) is 0.546. The van der Waals surface area contributed by atoms with E-state index in [9.17, 15) is 33.6 Å². The number of aryl methyl sites for hydroxylation is 1. The lowest BCUT2D eigenvalue weighted by molar-refractivity contribution is -0.385. The minimum Gasteiger partial charge on any atom is -0.396 e. The first-order chi connectivity index (χ1) is 15.0. The van der Waals surface area contributed by atoms with Gasteiger partial charge in [0, 0.05) is 11.5 Å². The van der Waals surface area contributed by atoms with Crippen LogP contribution in [0.3, 0.4) is 0 Å². The van der Waals surface area contributed by atoms with E-state index in [-0.39, 0.29) is 5.92 Å². The molecule has 2 fully saturated rings. The van der Waals surface area contributed by atoms with Gasteiger partial charge in [-0.1, -0.05) is 19.1 Å². The van der Waals surface area contributed by atoms with Crippen LogP contribution in [-0.4, -0.2) is 61.1 Å². The second-order valence-corrected chi connectivity index (χ2v) is 8.50. The van der Waals surface area contributed by atoms with E-state index >= 15 is 0 Å². The summed E-state index contributed by atoms with van der Waals surface area (Å²) in [5.74, 6) is -3.74. The van der Waals surface area contributed by atoms with Gasteiger partial charge in [0.25, 0.3) is 0 Å². The Labute approximate surface area is 182 Å². The zero-order valence-electron chi connectivity index (χ0n) is 17.5. The van der Waals surface area contributed by atoms with Crippen LogP contribution in [0.5, 0.6) is 0 Å². The number of hydrogen-bond acceptors (Lipinski definition) is 7. The second-order valence-electron chi connectivity index (χ2n) is 8.50. The Balaban J connectivity index is 1.59. The summed E-state index contributed by atoms with van der Waals surface area (Å²) in [5.41, 5.74) is 1.56. The highest BCUT2D eigenvalue weighted by Crippen LogP contribution is 2.56. The van der Waals surface area contributed by atoms with Gasteiger partial charge in [-0.25, -0.2) is 4.98 Å². The molecule has 32 heavy (non-hydrogen) atoms. The summed E-state index contributed by atoms with van der Waals surface area (Å²) in [5, 5.41) is 40.9. The van der Waals surface area contributed by atoms with Crippen molar-refractivity contribution < 1.29 is 38.3 Å². The maximum absolute atomic E-state index is 12.7. The molecule has 4 N–H and O–H groups in total. The maximum atomic E-state index is 12.7. The third kappa shape index (κ3) is 3.50. The Hall–Kier alpha value is -2.11. The van der Waals surface area contributed by atoms with Gasteiger partial charge in [0.1, 0.15) is 0 Å². The topological polar surface area (TPSA) is 116 Å². The number of ether oxygens (including phenoxy) is 1. The Bertz CT molecular complexity index is 987. The Morgan fingerprint density at radius 3 is 2.41 bits per heavy atom. The van der Waals surface area contributed by atoms with Crippen molar-refractivity contribution in [3.8, 4) is 11.3 Å². The summed E-state index contributed by atoms with van der Waals surface area (Å²) < 4.78 is 43.9. The summed E-state index contributed by atoms with van der Waals surface area (Å²) in [7, 11) is 0. The lowest BCUT2D eigenvalue weighted by Crippen LogP contribution is -2.64. The number of rotatable bonds is 5. The highest BCUT2D eigenvalue weighted by Gasteiger charge is 2.71. The molecule has 1 aromatic carbocycles. The van der Waals surface area contributed by atoms with Crippen LogP contribution in [-0.2, 0) is 10.9 Å². The number of hydrogen-bond donors (Lipinski definition) is 4. The van der Waals surface area contributed by atoms with Crippen molar-refractivity contribution in [2.75, 3.05) is 6.61 Å². The van der Waals surface area contributed by atoms with Crippen molar-refractivity contribution in [2.24, 2.45) is 11.8 Å². The molecule has 174 valence electrons. The molecule has 2 aliphatic rings. The molecule has 2 aromatic rings. The lowest BCUT2D eigenvalue weighted by Gasteiger charge is -2.53. The first-order valence-electron chi connectivity index (χ1n) is 10.4. The number of benzene rings is 1. The number of nitrogens with zero attached hydrogens (tertiary/aromatic N) is 2. The molecule has 7 nitrogen and oxygen atoms in total. The summed E-state index contributed by atoms with van der Waals surface area (Å²) in [6.45, 7) is 3.26. The van der Waals surface area contributed by atoms with Crippen molar-refractivity contribution in [3.05, 3.63) is 47.4 Å². The summed E-state index contributed by atoms with van der Waals surface area (Å²) in [4.78, 5) is 7.33. The smallest absolute Gasteiger partial charge is 0.396 e. The predicted molar refractivity (Wildman–Crippen MR) is 106 cm³/mol. The summed E-state index contributed by atoms with van der Waals surface area (Å²) in [6.07, 6.45) is -5.26. The van der Waals surface area contributed by atoms with Crippen molar-refractivity contribution >= 4 is 0 Å². The molecular weight excluding hydrogens is 429 g/mol. The van der Waals surface area contributed by atoms with E-state index in [4.69, 9.17) is 4.74 Å². The van der Waals surface area contributed by atoms with Crippen LogP contribution in [0.25, 0.3) is 11.3 Å². The second kappa shape index (κ2) is 8.03. The zero-order chi connectivity index (χ0) is 23.4. The minimum absolute atomic E-state index is 0.215. The van der Waals surface area contributed by atoms with Crippen LogP contribution in [0.2, 0.25) is 0 Å². The van der Waals surface area contributed by atoms with Gasteiger partial charge in [-0.05, 0) is 30.5 Å². The molecule has 2 heterocycles.